The number of anilines is 1. The number of hydrogen-bond acceptors (Lipinski definition) is 10. The minimum Gasteiger partial charge on any atom is -0.464 e. The van der Waals surface area contributed by atoms with Crippen molar-refractivity contribution in [1.29, 1.82) is 5.41 Å². The lowest BCUT2D eigenvalue weighted by Gasteiger charge is -2.34. The highest BCUT2D eigenvalue weighted by atomic mass is 16.6. The zero-order valence-corrected chi connectivity index (χ0v) is 19.2. The van der Waals surface area contributed by atoms with Gasteiger partial charge in [-0.3, -0.25) is 15.1 Å². The molecule has 0 atom stereocenters. The van der Waals surface area contributed by atoms with Gasteiger partial charge in [-0.25, -0.2) is 14.8 Å². The monoisotopic (exact) mass is 470 g/mol. The van der Waals surface area contributed by atoms with Crippen molar-refractivity contribution < 1.29 is 23.8 Å². The summed E-state index contributed by atoms with van der Waals surface area (Å²) in [7, 11) is 0. The van der Waals surface area contributed by atoms with Gasteiger partial charge in [-0.15, -0.1) is 0 Å². The molecule has 0 amide bonds. The molecular formula is C23H30N6O5. The van der Waals surface area contributed by atoms with E-state index in [-0.39, 0.29) is 31.4 Å². The molecule has 182 valence electrons. The molecule has 34 heavy (non-hydrogen) atoms. The van der Waals surface area contributed by atoms with Gasteiger partial charge in [-0.1, -0.05) is 18.2 Å². The normalized spacial score (nSPS) is 14.0. The van der Waals surface area contributed by atoms with Crippen LogP contribution in [0.1, 0.15) is 18.9 Å². The number of nitrogens with zero attached hydrogens (tertiary/aromatic N) is 4. The summed E-state index contributed by atoms with van der Waals surface area (Å²) in [4.78, 5) is 36.2. The first-order valence-corrected chi connectivity index (χ1v) is 11.0. The van der Waals surface area contributed by atoms with E-state index in [2.05, 4.69) is 19.8 Å². The molecule has 0 unspecified atom stereocenters. The quantitative estimate of drug-likeness (QED) is 0.279. The van der Waals surface area contributed by atoms with Crippen LogP contribution >= 0.6 is 0 Å². The van der Waals surface area contributed by atoms with Gasteiger partial charge >= 0.3 is 11.9 Å². The third-order valence-corrected chi connectivity index (χ3v) is 5.09. The Kier molecular flexibility index (Phi) is 9.30. The number of benzene rings is 1. The van der Waals surface area contributed by atoms with Crippen molar-refractivity contribution in [3.05, 3.63) is 42.2 Å². The van der Waals surface area contributed by atoms with Gasteiger partial charge in [-0.2, -0.15) is 0 Å². The van der Waals surface area contributed by atoms with Gasteiger partial charge in [0.05, 0.1) is 13.3 Å². The maximum Gasteiger partial charge on any atom is 0.332 e. The molecule has 1 aromatic carbocycles. The van der Waals surface area contributed by atoms with Gasteiger partial charge in [0.2, 0.25) is 5.95 Å². The zero-order chi connectivity index (χ0) is 24.3. The van der Waals surface area contributed by atoms with E-state index >= 15 is 0 Å². The van der Waals surface area contributed by atoms with Crippen LogP contribution in [0.15, 0.2) is 36.7 Å². The van der Waals surface area contributed by atoms with E-state index in [9.17, 15) is 9.59 Å². The van der Waals surface area contributed by atoms with Crippen LogP contribution < -0.4 is 10.6 Å². The largest absolute Gasteiger partial charge is 0.464 e. The first kappa shape index (κ1) is 25.1. The molecule has 3 N–H and O–H groups in total. The number of piperazine rings is 1. The van der Waals surface area contributed by atoms with Crippen LogP contribution in [0.5, 0.6) is 0 Å². The second-order valence-electron chi connectivity index (χ2n) is 7.72. The summed E-state index contributed by atoms with van der Waals surface area (Å²) in [5.74, 6) is -0.449. The predicted octanol–water partition coefficient (Wildman–Crippen LogP) is 1.17. The zero-order valence-electron chi connectivity index (χ0n) is 19.2. The summed E-state index contributed by atoms with van der Waals surface area (Å²) >= 11 is 0. The number of carbonyl (C=O) groups excluding carboxylic acids is 2. The van der Waals surface area contributed by atoms with Gasteiger partial charge in [0.15, 0.2) is 0 Å². The molecule has 2 heterocycles. The van der Waals surface area contributed by atoms with Crippen LogP contribution in [0.2, 0.25) is 0 Å². The minimum atomic E-state index is -0.531. The van der Waals surface area contributed by atoms with E-state index in [4.69, 9.17) is 25.4 Å². The number of rotatable bonds is 11. The van der Waals surface area contributed by atoms with Crippen molar-refractivity contribution in [2.75, 3.05) is 51.0 Å². The number of hydrogen-bond donors (Lipinski definition) is 2. The third-order valence-electron chi connectivity index (χ3n) is 5.09. The Balaban J connectivity index is 1.48. The van der Waals surface area contributed by atoms with Crippen molar-refractivity contribution in [2.24, 2.45) is 5.73 Å². The van der Waals surface area contributed by atoms with Gasteiger partial charge in [0.1, 0.15) is 25.5 Å². The molecule has 1 saturated heterocycles. The number of carbonyl (C=O) groups is 2. The second kappa shape index (κ2) is 12.6. The van der Waals surface area contributed by atoms with Crippen LogP contribution in [0.25, 0.3) is 11.1 Å². The minimum absolute atomic E-state index is 0.0410. The molecule has 1 aromatic heterocycles. The average Bonchev–Trinajstić information content (AvgIpc) is 2.83. The highest BCUT2D eigenvalue weighted by molar-refractivity contribution is 5.94. The van der Waals surface area contributed by atoms with Crippen molar-refractivity contribution in [2.45, 2.75) is 20.0 Å². The van der Waals surface area contributed by atoms with Crippen LogP contribution in [0.4, 0.5) is 5.95 Å². The lowest BCUT2D eigenvalue weighted by Crippen LogP contribution is -2.47. The standard InChI is InChI=1S/C23H30N6O5/c1-2-33-22(31)15-32-16-28-6-8-29(9-7-28)23-26-12-19(13-27-23)18-5-3-4-17(10-18)14-34-21(30)11-20(24)25/h3-5,10,12-13H,2,6-9,11,14-16H2,1H3,(H3,24,25). The summed E-state index contributed by atoms with van der Waals surface area (Å²) < 4.78 is 15.4. The molecule has 11 heteroatoms. The van der Waals surface area contributed by atoms with Crippen LogP contribution in [-0.2, 0) is 30.4 Å². The molecule has 2 aromatic rings. The van der Waals surface area contributed by atoms with E-state index in [1.54, 1.807) is 19.3 Å². The number of ether oxygens (including phenoxy) is 3. The first-order chi connectivity index (χ1) is 16.4. The summed E-state index contributed by atoms with van der Waals surface area (Å²) in [6.07, 6.45) is 3.33. The van der Waals surface area contributed by atoms with E-state index in [0.29, 0.717) is 19.3 Å². The Bertz CT molecular complexity index is 976. The first-order valence-electron chi connectivity index (χ1n) is 11.0. The Morgan fingerprint density at radius 2 is 1.79 bits per heavy atom. The van der Waals surface area contributed by atoms with Crippen LogP contribution in [0, 0.1) is 5.41 Å². The van der Waals surface area contributed by atoms with E-state index in [1.165, 1.54) is 0 Å². The molecule has 1 aliphatic heterocycles. The summed E-state index contributed by atoms with van der Waals surface area (Å²) in [6.45, 7) is 5.62. The number of aromatic nitrogens is 2. The van der Waals surface area contributed by atoms with Gasteiger partial charge in [0, 0.05) is 44.1 Å². The Labute approximate surface area is 198 Å². The fourth-order valence-electron chi connectivity index (χ4n) is 3.38. The van der Waals surface area contributed by atoms with E-state index < -0.39 is 5.97 Å². The van der Waals surface area contributed by atoms with Crippen molar-refractivity contribution in [1.82, 2.24) is 14.9 Å². The lowest BCUT2D eigenvalue weighted by atomic mass is 10.1. The number of nitrogens with two attached hydrogens (primary N) is 1. The molecule has 0 radical (unpaired) electrons. The lowest BCUT2D eigenvalue weighted by molar-refractivity contribution is -0.150. The van der Waals surface area contributed by atoms with Crippen LogP contribution in [0.3, 0.4) is 0 Å². The molecule has 0 bridgehead atoms. The van der Waals surface area contributed by atoms with Crippen molar-refractivity contribution in [3.63, 3.8) is 0 Å². The van der Waals surface area contributed by atoms with Crippen molar-refractivity contribution in [3.8, 4) is 11.1 Å². The second-order valence-corrected chi connectivity index (χ2v) is 7.72. The highest BCUT2D eigenvalue weighted by Crippen LogP contribution is 2.21. The maximum absolute atomic E-state index is 11.6. The number of esters is 2. The molecule has 1 fully saturated rings. The fourth-order valence-corrected chi connectivity index (χ4v) is 3.38. The Hall–Kier alpha value is -3.57. The molecule has 0 spiro atoms. The van der Waals surface area contributed by atoms with E-state index in [1.807, 2.05) is 24.3 Å². The third kappa shape index (κ3) is 7.78. The average molecular weight is 471 g/mol. The molecule has 0 saturated carbocycles. The van der Waals surface area contributed by atoms with Crippen molar-refractivity contribution >= 4 is 23.7 Å². The summed E-state index contributed by atoms with van der Waals surface area (Å²) in [5.41, 5.74) is 7.80. The topological polar surface area (TPSA) is 144 Å². The van der Waals surface area contributed by atoms with Crippen LogP contribution in [-0.4, -0.2) is 78.8 Å². The predicted molar refractivity (Wildman–Crippen MR) is 125 cm³/mol. The molecule has 0 aliphatic carbocycles. The SMILES string of the molecule is CCOC(=O)COCN1CCN(c2ncc(-c3cccc(COC(=O)CC(=N)N)c3)cn2)CC1. The highest BCUT2D eigenvalue weighted by Gasteiger charge is 2.19. The molecule has 11 nitrogen and oxygen atoms in total. The smallest absolute Gasteiger partial charge is 0.332 e. The molecular weight excluding hydrogens is 440 g/mol. The van der Waals surface area contributed by atoms with Gasteiger partial charge in [-0.05, 0) is 24.1 Å². The van der Waals surface area contributed by atoms with Gasteiger partial charge in [0.25, 0.3) is 0 Å². The Morgan fingerprint density at radius 1 is 1.06 bits per heavy atom. The summed E-state index contributed by atoms with van der Waals surface area (Å²) in [5, 5.41) is 7.15. The number of nitrogens with one attached hydrogen (secondary N) is 1. The fraction of sp³-hybridized carbons (Fsp3) is 0.435. The Morgan fingerprint density at radius 3 is 2.47 bits per heavy atom. The number of amidine groups is 1. The summed E-state index contributed by atoms with van der Waals surface area (Å²) in [6, 6.07) is 7.58. The van der Waals surface area contributed by atoms with Gasteiger partial charge < -0.3 is 24.8 Å². The molecule has 3 rings (SSSR count). The maximum atomic E-state index is 11.6. The van der Waals surface area contributed by atoms with E-state index in [0.717, 1.165) is 42.9 Å². The molecule has 1 aliphatic rings.